The van der Waals surface area contributed by atoms with Gasteiger partial charge in [-0.05, 0) is 24.3 Å². The highest BCUT2D eigenvalue weighted by Gasteiger charge is 2.16. The summed E-state index contributed by atoms with van der Waals surface area (Å²) in [7, 11) is -2.30. The number of carboxylic acids is 1. The van der Waals surface area contributed by atoms with Crippen LogP contribution in [0.25, 0.3) is 0 Å². The minimum absolute atomic E-state index is 0.0480. The van der Waals surface area contributed by atoms with Gasteiger partial charge in [0.25, 0.3) is 0 Å². The molecular weight excluding hydrogens is 298 g/mol. The molecule has 0 fully saturated rings. The molecule has 0 aliphatic carbocycles. The second-order valence-electron chi connectivity index (χ2n) is 4.07. The van der Waals surface area contributed by atoms with Gasteiger partial charge in [-0.15, -0.1) is 0 Å². The van der Waals surface area contributed by atoms with E-state index in [0.29, 0.717) is 5.75 Å². The SMILES string of the molecule is COc1cccc(S(=O)(=O)NCc2ccc(C(=O)O)o2)c1. The molecule has 1 aromatic carbocycles. The first-order valence-corrected chi connectivity index (χ1v) is 7.36. The summed E-state index contributed by atoms with van der Waals surface area (Å²) in [5.74, 6) is -0.828. The van der Waals surface area contributed by atoms with Crippen molar-refractivity contribution in [2.45, 2.75) is 11.4 Å². The van der Waals surface area contributed by atoms with Crippen LogP contribution in [0, 0.1) is 0 Å². The average Bonchev–Trinajstić information content (AvgIpc) is 2.94. The number of furan rings is 1. The Labute approximate surface area is 121 Å². The van der Waals surface area contributed by atoms with Crippen LogP contribution in [0.1, 0.15) is 16.3 Å². The lowest BCUT2D eigenvalue weighted by atomic mass is 10.3. The molecule has 0 radical (unpaired) electrons. The molecule has 7 nitrogen and oxygen atoms in total. The van der Waals surface area contributed by atoms with E-state index in [2.05, 4.69) is 4.72 Å². The van der Waals surface area contributed by atoms with Gasteiger partial charge in [0.2, 0.25) is 15.8 Å². The van der Waals surface area contributed by atoms with Gasteiger partial charge in [-0.25, -0.2) is 17.9 Å². The van der Waals surface area contributed by atoms with Crippen molar-refractivity contribution in [3.8, 4) is 5.75 Å². The summed E-state index contributed by atoms with van der Waals surface area (Å²) in [5.41, 5.74) is 0. The quantitative estimate of drug-likeness (QED) is 0.836. The highest BCUT2D eigenvalue weighted by Crippen LogP contribution is 2.17. The van der Waals surface area contributed by atoms with Crippen LogP contribution in [0.2, 0.25) is 0 Å². The molecule has 112 valence electrons. The molecule has 2 aromatic rings. The number of carboxylic acid groups (broad SMARTS) is 1. The van der Waals surface area contributed by atoms with Crippen molar-refractivity contribution in [1.29, 1.82) is 0 Å². The van der Waals surface area contributed by atoms with Crippen molar-refractivity contribution in [2.24, 2.45) is 0 Å². The maximum atomic E-state index is 12.1. The number of hydrogen-bond acceptors (Lipinski definition) is 5. The number of methoxy groups -OCH3 is 1. The molecule has 0 atom stereocenters. The lowest BCUT2D eigenvalue weighted by Crippen LogP contribution is -2.23. The topological polar surface area (TPSA) is 106 Å². The lowest BCUT2D eigenvalue weighted by molar-refractivity contribution is 0.0660. The third-order valence-electron chi connectivity index (χ3n) is 2.66. The van der Waals surface area contributed by atoms with Crippen LogP contribution < -0.4 is 9.46 Å². The molecule has 1 heterocycles. The Morgan fingerprint density at radius 2 is 2.10 bits per heavy atom. The number of hydrogen-bond donors (Lipinski definition) is 2. The molecule has 0 spiro atoms. The van der Waals surface area contributed by atoms with Gasteiger partial charge in [0, 0.05) is 6.07 Å². The fourth-order valence-electron chi connectivity index (χ4n) is 1.61. The first kappa shape index (κ1) is 15.1. The van der Waals surface area contributed by atoms with Crippen LogP contribution in [0.5, 0.6) is 5.75 Å². The van der Waals surface area contributed by atoms with Gasteiger partial charge in [0.1, 0.15) is 11.5 Å². The molecule has 0 bridgehead atoms. The number of nitrogens with one attached hydrogen (secondary N) is 1. The van der Waals surface area contributed by atoms with Crippen molar-refractivity contribution < 1.29 is 27.5 Å². The third-order valence-corrected chi connectivity index (χ3v) is 4.06. The molecule has 8 heteroatoms. The van der Waals surface area contributed by atoms with Crippen molar-refractivity contribution in [1.82, 2.24) is 4.72 Å². The zero-order valence-corrected chi connectivity index (χ0v) is 11.9. The van der Waals surface area contributed by atoms with Crippen molar-refractivity contribution in [3.63, 3.8) is 0 Å². The smallest absolute Gasteiger partial charge is 0.371 e. The van der Waals surface area contributed by atoms with Crippen molar-refractivity contribution >= 4 is 16.0 Å². The molecule has 0 saturated heterocycles. The lowest BCUT2D eigenvalue weighted by Gasteiger charge is -2.07. The number of aromatic carboxylic acids is 1. The van der Waals surface area contributed by atoms with Gasteiger partial charge in [-0.3, -0.25) is 0 Å². The zero-order chi connectivity index (χ0) is 15.5. The van der Waals surface area contributed by atoms with E-state index in [1.54, 1.807) is 12.1 Å². The van der Waals surface area contributed by atoms with Gasteiger partial charge in [-0.1, -0.05) is 6.07 Å². The molecular formula is C13H13NO6S. The number of ether oxygens (including phenoxy) is 1. The fourth-order valence-corrected chi connectivity index (χ4v) is 2.63. The third kappa shape index (κ3) is 3.61. The summed E-state index contributed by atoms with van der Waals surface area (Å²) in [6.45, 7) is -0.146. The van der Waals surface area contributed by atoms with E-state index in [1.807, 2.05) is 0 Å². The molecule has 2 rings (SSSR count). The number of benzene rings is 1. The minimum Gasteiger partial charge on any atom is -0.497 e. The van der Waals surface area contributed by atoms with E-state index in [1.165, 1.54) is 31.4 Å². The van der Waals surface area contributed by atoms with Crippen LogP contribution in [0.3, 0.4) is 0 Å². The maximum Gasteiger partial charge on any atom is 0.371 e. The normalized spacial score (nSPS) is 11.3. The van der Waals surface area contributed by atoms with Gasteiger partial charge in [0.05, 0.1) is 18.6 Å². The highest BCUT2D eigenvalue weighted by molar-refractivity contribution is 7.89. The van der Waals surface area contributed by atoms with Crippen LogP contribution >= 0.6 is 0 Å². The second-order valence-corrected chi connectivity index (χ2v) is 5.84. The molecule has 0 amide bonds. The first-order chi connectivity index (χ1) is 9.92. The van der Waals surface area contributed by atoms with Crippen LogP contribution in [0.4, 0.5) is 0 Å². The van der Waals surface area contributed by atoms with Crippen molar-refractivity contribution in [2.75, 3.05) is 7.11 Å². The van der Waals surface area contributed by atoms with E-state index in [0.717, 1.165) is 0 Å². The summed E-state index contributed by atoms with van der Waals surface area (Å²) in [6, 6.07) is 8.66. The summed E-state index contributed by atoms with van der Waals surface area (Å²) >= 11 is 0. The molecule has 0 aliphatic rings. The standard InChI is InChI=1S/C13H13NO6S/c1-19-9-3-2-4-11(7-9)21(17,18)14-8-10-5-6-12(20-10)13(15)16/h2-7,14H,8H2,1H3,(H,15,16). The fraction of sp³-hybridized carbons (Fsp3) is 0.154. The summed E-state index contributed by atoms with van der Waals surface area (Å²) in [5, 5.41) is 8.72. The van der Waals surface area contributed by atoms with E-state index in [4.69, 9.17) is 14.3 Å². The van der Waals surface area contributed by atoms with Crippen LogP contribution in [-0.2, 0) is 16.6 Å². The Hall–Kier alpha value is -2.32. The second kappa shape index (κ2) is 5.98. The van der Waals surface area contributed by atoms with E-state index in [-0.39, 0.29) is 23.0 Å². The molecule has 2 N–H and O–H groups in total. The summed E-state index contributed by atoms with van der Waals surface area (Å²) in [6.07, 6.45) is 0. The van der Waals surface area contributed by atoms with Crippen LogP contribution in [0.15, 0.2) is 45.7 Å². The first-order valence-electron chi connectivity index (χ1n) is 5.88. The van der Waals surface area contributed by atoms with Gasteiger partial charge < -0.3 is 14.3 Å². The Kier molecular flexibility index (Phi) is 4.29. The molecule has 21 heavy (non-hydrogen) atoms. The number of rotatable bonds is 6. The molecule has 0 saturated carbocycles. The zero-order valence-electron chi connectivity index (χ0n) is 11.1. The largest absolute Gasteiger partial charge is 0.497 e. The Balaban J connectivity index is 2.11. The molecule has 0 unspecified atom stereocenters. The Morgan fingerprint density at radius 3 is 2.71 bits per heavy atom. The van der Waals surface area contributed by atoms with Gasteiger partial charge in [-0.2, -0.15) is 0 Å². The minimum atomic E-state index is -3.74. The predicted molar refractivity (Wildman–Crippen MR) is 72.7 cm³/mol. The number of carbonyl (C=O) groups is 1. The van der Waals surface area contributed by atoms with Crippen LogP contribution in [-0.4, -0.2) is 26.6 Å². The summed E-state index contributed by atoms with van der Waals surface area (Å²) in [4.78, 5) is 10.7. The predicted octanol–water partition coefficient (Wildman–Crippen LogP) is 1.46. The summed E-state index contributed by atoms with van der Waals surface area (Å²) < 4.78 is 36.4. The average molecular weight is 311 g/mol. The van der Waals surface area contributed by atoms with E-state index >= 15 is 0 Å². The molecule has 0 aliphatic heterocycles. The number of sulfonamides is 1. The van der Waals surface area contributed by atoms with Gasteiger partial charge >= 0.3 is 5.97 Å². The molecule has 1 aromatic heterocycles. The highest BCUT2D eigenvalue weighted by atomic mass is 32.2. The Bertz CT molecular complexity index is 750. The van der Waals surface area contributed by atoms with E-state index < -0.39 is 16.0 Å². The van der Waals surface area contributed by atoms with Crippen molar-refractivity contribution in [3.05, 3.63) is 47.9 Å². The van der Waals surface area contributed by atoms with E-state index in [9.17, 15) is 13.2 Å². The van der Waals surface area contributed by atoms with Gasteiger partial charge in [0.15, 0.2) is 0 Å². The Morgan fingerprint density at radius 1 is 1.33 bits per heavy atom. The monoisotopic (exact) mass is 311 g/mol. The maximum absolute atomic E-state index is 12.1.